The molecule has 23 heavy (non-hydrogen) atoms. The zero-order valence-electron chi connectivity index (χ0n) is 13.1. The molecular weight excluding hydrogens is 364 g/mol. The Bertz CT molecular complexity index is 575. The van der Waals surface area contributed by atoms with Crippen LogP contribution in [0.25, 0.3) is 0 Å². The van der Waals surface area contributed by atoms with E-state index in [9.17, 15) is 14.3 Å². The van der Waals surface area contributed by atoms with Gasteiger partial charge in [0.05, 0.1) is 6.61 Å². The average Bonchev–Trinajstić information content (AvgIpc) is 2.42. The molecular formula is C14H20Cl2NO5P. The molecule has 6 nitrogen and oxygen atoms in total. The summed E-state index contributed by atoms with van der Waals surface area (Å²) in [6.07, 6.45) is 0.254. The molecule has 0 aromatic heterocycles. The molecule has 130 valence electrons. The quantitative estimate of drug-likeness (QED) is 0.521. The minimum absolute atomic E-state index is 0.0413. The van der Waals surface area contributed by atoms with E-state index in [1.807, 2.05) is 13.8 Å². The van der Waals surface area contributed by atoms with Gasteiger partial charge in [-0.1, -0.05) is 37.6 Å². The van der Waals surface area contributed by atoms with Crippen molar-refractivity contribution in [2.24, 2.45) is 5.92 Å². The van der Waals surface area contributed by atoms with Crippen LogP contribution in [-0.4, -0.2) is 17.5 Å². The van der Waals surface area contributed by atoms with E-state index in [4.69, 9.17) is 27.7 Å². The van der Waals surface area contributed by atoms with Crippen LogP contribution in [0, 0.1) is 5.92 Å². The fraction of sp³-hybridized carbons (Fsp3) is 0.500. The second-order valence-corrected chi connectivity index (χ2v) is 8.18. The number of halogens is 2. The number of carbonyl (C=O) groups excluding carboxylic acids is 1. The largest absolute Gasteiger partial charge is 0.476 e. The Hall–Kier alpha value is -0.620. The van der Waals surface area contributed by atoms with Crippen LogP contribution in [0.1, 0.15) is 32.8 Å². The highest BCUT2D eigenvalue weighted by molar-refractivity contribution is 7.80. The summed E-state index contributed by atoms with van der Waals surface area (Å²) in [5, 5.41) is 0.488. The zero-order valence-corrected chi connectivity index (χ0v) is 15.5. The van der Waals surface area contributed by atoms with Gasteiger partial charge >= 0.3 is 12.9 Å². The first-order valence-electron chi connectivity index (χ1n) is 7.02. The second-order valence-electron chi connectivity index (χ2n) is 5.38. The first kappa shape index (κ1) is 20.4. The fourth-order valence-corrected chi connectivity index (χ4v) is 2.86. The molecule has 0 saturated heterocycles. The Balaban J connectivity index is 3.36. The molecule has 0 aliphatic carbocycles. The summed E-state index contributed by atoms with van der Waals surface area (Å²) in [5.74, 6) is -0.956. The molecule has 9 heteroatoms. The molecule has 1 rings (SSSR count). The molecule has 2 N–H and O–H groups in total. The van der Waals surface area contributed by atoms with Gasteiger partial charge < -0.3 is 14.3 Å². The summed E-state index contributed by atoms with van der Waals surface area (Å²) in [6, 6.07) is 6.45. The Morgan fingerprint density at radius 1 is 1.39 bits per heavy atom. The molecule has 0 heterocycles. The van der Waals surface area contributed by atoms with Crippen molar-refractivity contribution >= 4 is 35.8 Å². The number of nitrogens with one attached hydrogen (secondary N) is 1. The molecule has 0 amide bonds. The monoisotopic (exact) mass is 383 g/mol. The topological polar surface area (TPSA) is 84.9 Å². The SMILES string of the molecule is CCON[C@@](CC(C)C)(C(=O)OP(=O)(O)Cl)c1ccc(Cl)cc1. The van der Waals surface area contributed by atoms with Crippen molar-refractivity contribution in [2.75, 3.05) is 6.61 Å². The third-order valence-electron chi connectivity index (χ3n) is 2.99. The Kier molecular flexibility index (Phi) is 7.52. The first-order chi connectivity index (χ1) is 10.6. The maximum atomic E-state index is 12.6. The smallest absolute Gasteiger partial charge is 0.379 e. The average molecular weight is 384 g/mol. The molecule has 1 unspecified atom stereocenters. The van der Waals surface area contributed by atoms with Crippen LogP contribution < -0.4 is 5.48 Å². The molecule has 0 bridgehead atoms. The van der Waals surface area contributed by atoms with Gasteiger partial charge in [-0.25, -0.2) is 9.36 Å². The maximum absolute atomic E-state index is 12.6. The maximum Gasteiger partial charge on any atom is 0.476 e. The van der Waals surface area contributed by atoms with E-state index in [2.05, 4.69) is 10.0 Å². The van der Waals surface area contributed by atoms with E-state index >= 15 is 0 Å². The number of hydrogen-bond donors (Lipinski definition) is 2. The third-order valence-corrected chi connectivity index (χ3v) is 3.84. The normalized spacial score (nSPS) is 16.7. The lowest BCUT2D eigenvalue weighted by Gasteiger charge is -2.33. The van der Waals surface area contributed by atoms with E-state index in [0.717, 1.165) is 0 Å². The van der Waals surface area contributed by atoms with Gasteiger partial charge in [-0.2, -0.15) is 5.48 Å². The van der Waals surface area contributed by atoms with Crippen LogP contribution in [0.4, 0.5) is 0 Å². The zero-order chi connectivity index (χ0) is 17.7. The minimum Gasteiger partial charge on any atom is -0.379 e. The minimum atomic E-state index is -4.52. The molecule has 0 saturated carbocycles. The number of hydrogen-bond acceptors (Lipinski definition) is 5. The predicted molar refractivity (Wildman–Crippen MR) is 89.1 cm³/mol. The van der Waals surface area contributed by atoms with Gasteiger partial charge in [0.2, 0.25) is 0 Å². The molecule has 0 aliphatic rings. The lowest BCUT2D eigenvalue weighted by molar-refractivity contribution is -0.152. The fourth-order valence-electron chi connectivity index (χ4n) is 2.18. The molecule has 0 radical (unpaired) electrons. The Morgan fingerprint density at radius 2 is 1.96 bits per heavy atom. The van der Waals surface area contributed by atoms with Gasteiger partial charge in [0.25, 0.3) is 0 Å². The van der Waals surface area contributed by atoms with Gasteiger partial charge in [-0.15, -0.1) is 0 Å². The number of hydroxylamine groups is 1. The van der Waals surface area contributed by atoms with Crippen molar-refractivity contribution in [1.29, 1.82) is 0 Å². The molecule has 2 atom stereocenters. The second kappa shape index (κ2) is 8.47. The lowest BCUT2D eigenvalue weighted by atomic mass is 9.83. The number of benzene rings is 1. The van der Waals surface area contributed by atoms with Crippen molar-refractivity contribution < 1.29 is 23.6 Å². The van der Waals surface area contributed by atoms with E-state index in [-0.39, 0.29) is 18.9 Å². The summed E-state index contributed by atoms with van der Waals surface area (Å²) in [4.78, 5) is 27.0. The highest BCUT2D eigenvalue weighted by Gasteiger charge is 2.45. The molecule has 1 aromatic carbocycles. The van der Waals surface area contributed by atoms with Crippen LogP contribution in [0.3, 0.4) is 0 Å². The van der Waals surface area contributed by atoms with Crippen LogP contribution in [-0.2, 0) is 24.3 Å². The van der Waals surface area contributed by atoms with Crippen molar-refractivity contribution in [1.82, 2.24) is 5.48 Å². The van der Waals surface area contributed by atoms with E-state index < -0.39 is 18.5 Å². The van der Waals surface area contributed by atoms with Gasteiger partial charge in [0.15, 0.2) is 5.54 Å². The van der Waals surface area contributed by atoms with Gasteiger partial charge in [0.1, 0.15) is 0 Å². The predicted octanol–water partition coefficient (Wildman–Crippen LogP) is 4.00. The van der Waals surface area contributed by atoms with Crippen LogP contribution in [0.2, 0.25) is 5.02 Å². The summed E-state index contributed by atoms with van der Waals surface area (Å²) in [6.45, 7) is 1.28. The number of carbonyl (C=O) groups is 1. The molecule has 0 spiro atoms. The Labute approximate surface area is 145 Å². The van der Waals surface area contributed by atoms with Crippen molar-refractivity contribution in [3.63, 3.8) is 0 Å². The van der Waals surface area contributed by atoms with Crippen molar-refractivity contribution in [3.05, 3.63) is 34.9 Å². The van der Waals surface area contributed by atoms with Gasteiger partial charge in [-0.3, -0.25) is 0 Å². The highest BCUT2D eigenvalue weighted by Crippen LogP contribution is 2.49. The van der Waals surface area contributed by atoms with Crippen molar-refractivity contribution in [3.8, 4) is 0 Å². The van der Waals surface area contributed by atoms with Gasteiger partial charge in [-0.05, 0) is 37.0 Å². The Morgan fingerprint density at radius 3 is 2.39 bits per heavy atom. The van der Waals surface area contributed by atoms with E-state index in [1.54, 1.807) is 31.2 Å². The third kappa shape index (κ3) is 6.07. The molecule has 0 fully saturated rings. The van der Waals surface area contributed by atoms with E-state index in [1.165, 1.54) is 0 Å². The van der Waals surface area contributed by atoms with Crippen molar-refractivity contribution in [2.45, 2.75) is 32.7 Å². The lowest BCUT2D eigenvalue weighted by Crippen LogP contribution is -2.50. The van der Waals surface area contributed by atoms with Crippen LogP contribution in [0.5, 0.6) is 0 Å². The summed E-state index contributed by atoms with van der Waals surface area (Å²) < 4.78 is 15.9. The molecule has 0 aliphatic heterocycles. The highest BCUT2D eigenvalue weighted by atomic mass is 35.7. The molecule has 1 aromatic rings. The standard InChI is InChI=1S/C14H20Cl2NO5P/c1-4-21-17-14(9-10(2)3,13(18)22-23(16,19)20)11-5-7-12(15)8-6-11/h5-8,10,17H,4,9H2,1-3H3,(H,19,20)/t14-/m1/s1. The summed E-state index contributed by atoms with van der Waals surface area (Å²) in [7, 11) is 0. The summed E-state index contributed by atoms with van der Waals surface area (Å²) >= 11 is 11.1. The van der Waals surface area contributed by atoms with Crippen LogP contribution >= 0.6 is 29.8 Å². The van der Waals surface area contributed by atoms with Crippen LogP contribution in [0.15, 0.2) is 24.3 Å². The van der Waals surface area contributed by atoms with Gasteiger partial charge in [0, 0.05) is 16.3 Å². The summed E-state index contributed by atoms with van der Waals surface area (Å²) in [5.41, 5.74) is 1.67. The number of rotatable bonds is 8. The first-order valence-corrected chi connectivity index (χ1v) is 9.88. The van der Waals surface area contributed by atoms with E-state index in [0.29, 0.717) is 10.6 Å².